The van der Waals surface area contributed by atoms with Crippen molar-refractivity contribution in [2.75, 3.05) is 33.8 Å². The highest BCUT2D eigenvalue weighted by Crippen LogP contribution is 2.40. The van der Waals surface area contributed by atoms with Crippen molar-refractivity contribution in [1.29, 1.82) is 0 Å². The van der Waals surface area contributed by atoms with Crippen LogP contribution in [0.5, 0.6) is 23.0 Å². The van der Waals surface area contributed by atoms with Crippen molar-refractivity contribution in [2.45, 2.75) is 12.5 Å². The molecule has 1 amide bonds. The fourth-order valence-corrected chi connectivity index (χ4v) is 2.87. The van der Waals surface area contributed by atoms with E-state index < -0.39 is 6.10 Å². The summed E-state index contributed by atoms with van der Waals surface area (Å²) in [4.78, 5) is 18.0. The normalized spacial score (nSPS) is 15.3. The van der Waals surface area contributed by atoms with E-state index in [-0.39, 0.29) is 5.91 Å². The Morgan fingerprint density at radius 3 is 2.36 bits per heavy atom. The van der Waals surface area contributed by atoms with Crippen molar-refractivity contribution >= 4 is 17.3 Å². The first-order chi connectivity index (χ1) is 13.6. The molecule has 148 valence electrons. The number of methoxy groups -OCH3 is 4. The summed E-state index contributed by atoms with van der Waals surface area (Å²) in [5.74, 6) is 1.72. The van der Waals surface area contributed by atoms with Crippen molar-refractivity contribution in [1.82, 2.24) is 0 Å². The minimum Gasteiger partial charge on any atom is -0.497 e. The smallest absolute Gasteiger partial charge is 0.268 e. The number of hydrogen-bond acceptors (Lipinski definition) is 7. The molecule has 28 heavy (non-hydrogen) atoms. The number of carbonyl (C=O) groups excluding carboxylic acids is 1. The van der Waals surface area contributed by atoms with Gasteiger partial charge >= 0.3 is 0 Å². The molecule has 0 aromatic heterocycles. The van der Waals surface area contributed by atoms with Crippen LogP contribution in [0.3, 0.4) is 0 Å². The van der Waals surface area contributed by atoms with Crippen LogP contribution in [-0.2, 0) is 9.63 Å². The Hall–Kier alpha value is -3.42. The Labute approximate surface area is 163 Å². The minimum atomic E-state index is -0.736. The van der Waals surface area contributed by atoms with Gasteiger partial charge in [-0.1, -0.05) is 17.3 Å². The van der Waals surface area contributed by atoms with Crippen molar-refractivity contribution in [2.24, 2.45) is 5.16 Å². The zero-order chi connectivity index (χ0) is 20.1. The molecular weight excluding hydrogens is 364 g/mol. The maximum atomic E-state index is 12.6. The lowest BCUT2D eigenvalue weighted by Gasteiger charge is -2.15. The lowest BCUT2D eigenvalue weighted by atomic mass is 10.0. The molecule has 0 saturated carbocycles. The Kier molecular flexibility index (Phi) is 5.88. The van der Waals surface area contributed by atoms with Gasteiger partial charge in [0, 0.05) is 29.8 Å². The van der Waals surface area contributed by atoms with E-state index in [4.69, 9.17) is 23.8 Å². The van der Waals surface area contributed by atoms with Crippen LogP contribution in [0.25, 0.3) is 0 Å². The lowest BCUT2D eigenvalue weighted by molar-refractivity contribution is -0.125. The van der Waals surface area contributed by atoms with E-state index in [0.29, 0.717) is 40.8 Å². The van der Waals surface area contributed by atoms with E-state index in [9.17, 15) is 4.79 Å². The van der Waals surface area contributed by atoms with E-state index in [1.54, 1.807) is 19.2 Å². The monoisotopic (exact) mass is 386 g/mol. The van der Waals surface area contributed by atoms with Gasteiger partial charge in [0.1, 0.15) is 5.75 Å². The number of benzene rings is 2. The molecule has 3 rings (SSSR count). The third-order valence-electron chi connectivity index (χ3n) is 4.30. The largest absolute Gasteiger partial charge is 0.497 e. The molecule has 2 aromatic rings. The Morgan fingerprint density at radius 2 is 1.75 bits per heavy atom. The molecule has 0 aliphatic carbocycles. The third-order valence-corrected chi connectivity index (χ3v) is 4.30. The van der Waals surface area contributed by atoms with E-state index in [1.165, 1.54) is 21.3 Å². The Balaban J connectivity index is 1.71. The maximum absolute atomic E-state index is 12.6. The van der Waals surface area contributed by atoms with Crippen LogP contribution in [0, 0.1) is 0 Å². The summed E-state index contributed by atoms with van der Waals surface area (Å²) in [5, 5.41) is 6.85. The first kappa shape index (κ1) is 19.3. The van der Waals surface area contributed by atoms with Crippen molar-refractivity contribution < 1.29 is 28.6 Å². The summed E-state index contributed by atoms with van der Waals surface area (Å²) >= 11 is 0. The number of ether oxygens (including phenoxy) is 4. The highest BCUT2D eigenvalue weighted by Gasteiger charge is 2.29. The highest BCUT2D eigenvalue weighted by atomic mass is 16.6. The van der Waals surface area contributed by atoms with E-state index in [2.05, 4.69) is 10.5 Å². The number of nitrogens with one attached hydrogen (secondary N) is 1. The third kappa shape index (κ3) is 3.95. The van der Waals surface area contributed by atoms with Gasteiger partial charge in [-0.15, -0.1) is 0 Å². The van der Waals surface area contributed by atoms with Gasteiger partial charge in [-0.05, 0) is 12.1 Å². The van der Waals surface area contributed by atoms with Crippen LogP contribution in [0.2, 0.25) is 0 Å². The first-order valence-electron chi connectivity index (χ1n) is 8.57. The number of anilines is 1. The predicted octanol–water partition coefficient (Wildman–Crippen LogP) is 2.85. The molecule has 0 saturated heterocycles. The summed E-state index contributed by atoms with van der Waals surface area (Å²) in [6, 6.07) is 10.7. The zero-order valence-corrected chi connectivity index (χ0v) is 16.1. The number of amides is 1. The van der Waals surface area contributed by atoms with E-state index >= 15 is 0 Å². The number of nitrogens with zero attached hydrogens (tertiary/aromatic N) is 1. The van der Waals surface area contributed by atoms with Crippen LogP contribution >= 0.6 is 0 Å². The van der Waals surface area contributed by atoms with E-state index in [1.807, 2.05) is 24.3 Å². The van der Waals surface area contributed by atoms with Gasteiger partial charge in [-0.2, -0.15) is 0 Å². The summed E-state index contributed by atoms with van der Waals surface area (Å²) in [6.45, 7) is 0. The molecule has 0 unspecified atom stereocenters. The average molecular weight is 386 g/mol. The zero-order valence-electron chi connectivity index (χ0n) is 16.1. The molecule has 1 N–H and O–H groups in total. The molecule has 0 radical (unpaired) electrons. The summed E-state index contributed by atoms with van der Waals surface area (Å²) in [6.07, 6.45) is -0.385. The van der Waals surface area contributed by atoms with Crippen LogP contribution in [0.1, 0.15) is 12.0 Å². The number of carbonyl (C=O) groups is 1. The number of hydrogen-bond donors (Lipinski definition) is 1. The van der Waals surface area contributed by atoms with Gasteiger partial charge in [-0.25, -0.2) is 0 Å². The first-order valence-corrected chi connectivity index (χ1v) is 8.57. The number of rotatable bonds is 7. The van der Waals surface area contributed by atoms with Crippen LogP contribution in [0.4, 0.5) is 5.69 Å². The molecular formula is C20H22N2O6. The molecule has 1 heterocycles. The standard InChI is InChI=1S/C20H22N2O6/c1-24-14-7-5-6-12(8-14)15-11-18(28-22-15)20(23)21-13-9-16(25-2)19(27-4)17(10-13)26-3/h5-10,18H,11H2,1-4H3,(H,21,23)/t18-/m0/s1. The van der Waals surface area contributed by atoms with Crippen molar-refractivity contribution in [3.8, 4) is 23.0 Å². The second-order valence-electron chi connectivity index (χ2n) is 5.97. The van der Waals surface area contributed by atoms with Gasteiger partial charge in [0.15, 0.2) is 11.5 Å². The molecule has 2 aromatic carbocycles. The lowest BCUT2D eigenvalue weighted by Crippen LogP contribution is -2.28. The molecule has 0 fully saturated rings. The van der Waals surface area contributed by atoms with Crippen LogP contribution in [-0.4, -0.2) is 46.2 Å². The van der Waals surface area contributed by atoms with Crippen molar-refractivity contribution in [3.05, 3.63) is 42.0 Å². The van der Waals surface area contributed by atoms with Crippen molar-refractivity contribution in [3.63, 3.8) is 0 Å². The van der Waals surface area contributed by atoms with Gasteiger partial charge in [0.25, 0.3) is 5.91 Å². The van der Waals surface area contributed by atoms with Gasteiger partial charge in [0.2, 0.25) is 11.9 Å². The van der Waals surface area contributed by atoms with Crippen LogP contribution < -0.4 is 24.3 Å². The van der Waals surface area contributed by atoms with Gasteiger partial charge in [-0.3, -0.25) is 4.79 Å². The minimum absolute atomic E-state index is 0.323. The molecule has 0 bridgehead atoms. The van der Waals surface area contributed by atoms with Crippen LogP contribution in [0.15, 0.2) is 41.6 Å². The van der Waals surface area contributed by atoms with E-state index in [0.717, 1.165) is 5.56 Å². The predicted molar refractivity (Wildman–Crippen MR) is 104 cm³/mol. The summed E-state index contributed by atoms with van der Waals surface area (Å²) in [7, 11) is 6.14. The highest BCUT2D eigenvalue weighted by molar-refractivity contribution is 6.06. The summed E-state index contributed by atoms with van der Waals surface area (Å²) < 4.78 is 21.1. The maximum Gasteiger partial charge on any atom is 0.268 e. The number of oxime groups is 1. The Bertz CT molecular complexity index is 871. The fourth-order valence-electron chi connectivity index (χ4n) is 2.87. The second kappa shape index (κ2) is 8.51. The van der Waals surface area contributed by atoms with Gasteiger partial charge in [0.05, 0.1) is 34.2 Å². The molecule has 1 aliphatic heterocycles. The average Bonchev–Trinajstić information content (AvgIpc) is 3.23. The second-order valence-corrected chi connectivity index (χ2v) is 5.97. The molecule has 8 heteroatoms. The quantitative estimate of drug-likeness (QED) is 0.787. The SMILES string of the molecule is COc1cccc(C2=NO[C@H](C(=O)Nc3cc(OC)c(OC)c(OC)c3)C2)c1. The molecule has 0 spiro atoms. The fraction of sp³-hybridized carbons (Fsp3) is 0.300. The van der Waals surface area contributed by atoms with Gasteiger partial charge < -0.3 is 29.1 Å². The molecule has 1 aliphatic rings. The topological polar surface area (TPSA) is 87.6 Å². The molecule has 1 atom stereocenters. The Morgan fingerprint density at radius 1 is 1.04 bits per heavy atom. The summed E-state index contributed by atoms with van der Waals surface area (Å²) in [5.41, 5.74) is 2.03. The molecule has 8 nitrogen and oxygen atoms in total.